The van der Waals surface area contributed by atoms with E-state index < -0.39 is 0 Å². The zero-order chi connectivity index (χ0) is 11.6. The Morgan fingerprint density at radius 3 is 2.62 bits per heavy atom. The molecule has 0 unspecified atom stereocenters. The second-order valence-corrected chi connectivity index (χ2v) is 3.44. The highest BCUT2D eigenvalue weighted by Gasteiger charge is 1.94. The minimum absolute atomic E-state index is 0.309. The minimum atomic E-state index is 0.309. The summed E-state index contributed by atoms with van der Waals surface area (Å²) >= 11 is 0. The van der Waals surface area contributed by atoms with Crippen molar-refractivity contribution >= 4 is 5.69 Å². The van der Waals surface area contributed by atoms with E-state index in [-0.39, 0.29) is 0 Å². The Morgan fingerprint density at radius 2 is 2.00 bits per heavy atom. The van der Waals surface area contributed by atoms with Crippen LogP contribution in [0.4, 0.5) is 5.69 Å². The molecule has 0 aromatic heterocycles. The number of hydrogen-bond acceptors (Lipinski definition) is 3. The van der Waals surface area contributed by atoms with Gasteiger partial charge in [0.1, 0.15) is 12.4 Å². The molecule has 0 atom stereocenters. The third-order valence-electron chi connectivity index (χ3n) is 2.14. The summed E-state index contributed by atoms with van der Waals surface area (Å²) in [4.78, 5) is 0. The van der Waals surface area contributed by atoms with E-state index in [0.717, 1.165) is 37.4 Å². The summed E-state index contributed by atoms with van der Waals surface area (Å²) in [5.74, 6) is 3.23. The molecule has 0 saturated carbocycles. The standard InChI is InChI=1S/C13H18N2O/c1-2-11-16-13-7-5-12(6-8-13)15-10-4-3-9-14/h1,5-8,15H,3-4,9-11,14H2. The highest BCUT2D eigenvalue weighted by Crippen LogP contribution is 2.15. The summed E-state index contributed by atoms with van der Waals surface area (Å²) in [6.07, 6.45) is 7.24. The van der Waals surface area contributed by atoms with Crippen LogP contribution in [0.25, 0.3) is 0 Å². The monoisotopic (exact) mass is 218 g/mol. The van der Waals surface area contributed by atoms with Gasteiger partial charge in [0.05, 0.1) is 0 Å². The first-order valence-corrected chi connectivity index (χ1v) is 5.47. The molecular formula is C13H18N2O. The first-order chi connectivity index (χ1) is 7.86. The smallest absolute Gasteiger partial charge is 0.148 e. The lowest BCUT2D eigenvalue weighted by atomic mass is 10.2. The summed E-state index contributed by atoms with van der Waals surface area (Å²) in [5.41, 5.74) is 6.50. The summed E-state index contributed by atoms with van der Waals surface area (Å²) in [7, 11) is 0. The van der Waals surface area contributed by atoms with Gasteiger partial charge in [-0.1, -0.05) is 5.92 Å². The quantitative estimate of drug-likeness (QED) is 0.542. The van der Waals surface area contributed by atoms with Crippen LogP contribution < -0.4 is 15.8 Å². The van der Waals surface area contributed by atoms with Crippen molar-refractivity contribution < 1.29 is 4.74 Å². The maximum absolute atomic E-state index is 5.41. The lowest BCUT2D eigenvalue weighted by Crippen LogP contribution is -2.05. The molecule has 3 heteroatoms. The first-order valence-electron chi connectivity index (χ1n) is 5.47. The van der Waals surface area contributed by atoms with Gasteiger partial charge in [-0.25, -0.2) is 0 Å². The molecule has 1 aromatic rings. The van der Waals surface area contributed by atoms with Gasteiger partial charge in [0, 0.05) is 12.2 Å². The molecule has 0 amide bonds. The number of benzene rings is 1. The predicted molar refractivity (Wildman–Crippen MR) is 67.5 cm³/mol. The molecule has 0 radical (unpaired) electrons. The van der Waals surface area contributed by atoms with Gasteiger partial charge in [-0.2, -0.15) is 0 Å². The Kier molecular flexibility index (Phi) is 5.90. The van der Waals surface area contributed by atoms with Crippen LogP contribution in [0, 0.1) is 12.3 Å². The normalized spacial score (nSPS) is 9.50. The second kappa shape index (κ2) is 7.61. The van der Waals surface area contributed by atoms with Crippen LogP contribution in [-0.4, -0.2) is 19.7 Å². The van der Waals surface area contributed by atoms with Gasteiger partial charge in [-0.05, 0) is 43.7 Å². The van der Waals surface area contributed by atoms with Crippen LogP contribution >= 0.6 is 0 Å². The van der Waals surface area contributed by atoms with Crippen LogP contribution in [0.15, 0.2) is 24.3 Å². The molecule has 0 aliphatic carbocycles. The lowest BCUT2D eigenvalue weighted by Gasteiger charge is -2.07. The first kappa shape index (κ1) is 12.4. The third kappa shape index (κ3) is 4.72. The Morgan fingerprint density at radius 1 is 1.25 bits per heavy atom. The Hall–Kier alpha value is -1.66. The maximum atomic E-state index is 5.41. The van der Waals surface area contributed by atoms with Gasteiger partial charge in [0.25, 0.3) is 0 Å². The van der Waals surface area contributed by atoms with Crippen molar-refractivity contribution in [3.8, 4) is 18.1 Å². The fourth-order valence-electron chi connectivity index (χ4n) is 1.30. The maximum Gasteiger partial charge on any atom is 0.148 e. The second-order valence-electron chi connectivity index (χ2n) is 3.44. The molecule has 16 heavy (non-hydrogen) atoms. The van der Waals surface area contributed by atoms with E-state index in [2.05, 4.69) is 11.2 Å². The average Bonchev–Trinajstić information content (AvgIpc) is 2.33. The van der Waals surface area contributed by atoms with E-state index in [4.69, 9.17) is 16.9 Å². The van der Waals surface area contributed by atoms with Crippen molar-refractivity contribution in [2.45, 2.75) is 12.8 Å². The molecule has 1 aromatic carbocycles. The fourth-order valence-corrected chi connectivity index (χ4v) is 1.30. The highest BCUT2D eigenvalue weighted by molar-refractivity contribution is 5.46. The van der Waals surface area contributed by atoms with E-state index in [9.17, 15) is 0 Å². The number of nitrogens with two attached hydrogens (primary N) is 1. The molecule has 0 fully saturated rings. The van der Waals surface area contributed by atoms with E-state index in [1.54, 1.807) is 0 Å². The number of hydrogen-bond donors (Lipinski definition) is 2. The summed E-state index contributed by atoms with van der Waals surface area (Å²) in [6, 6.07) is 7.77. The number of unbranched alkanes of at least 4 members (excludes halogenated alkanes) is 1. The van der Waals surface area contributed by atoms with Crippen LogP contribution in [0.1, 0.15) is 12.8 Å². The topological polar surface area (TPSA) is 47.3 Å². The Labute approximate surface area is 97.0 Å². The van der Waals surface area contributed by atoms with Gasteiger partial charge in [0.15, 0.2) is 0 Å². The van der Waals surface area contributed by atoms with E-state index in [0.29, 0.717) is 6.61 Å². The summed E-state index contributed by atoms with van der Waals surface area (Å²) < 4.78 is 5.27. The molecule has 3 N–H and O–H groups in total. The average molecular weight is 218 g/mol. The molecule has 3 nitrogen and oxygen atoms in total. The predicted octanol–water partition coefficient (Wildman–Crippen LogP) is 1.85. The van der Waals surface area contributed by atoms with Crippen LogP contribution in [0.2, 0.25) is 0 Å². The van der Waals surface area contributed by atoms with E-state index >= 15 is 0 Å². The van der Waals surface area contributed by atoms with Crippen molar-refractivity contribution in [3.63, 3.8) is 0 Å². The van der Waals surface area contributed by atoms with Crippen molar-refractivity contribution in [1.29, 1.82) is 0 Å². The molecule has 1 rings (SSSR count). The zero-order valence-electron chi connectivity index (χ0n) is 9.41. The molecule has 0 aliphatic heterocycles. The van der Waals surface area contributed by atoms with E-state index in [1.807, 2.05) is 24.3 Å². The Balaban J connectivity index is 2.31. The number of rotatable bonds is 7. The number of ether oxygens (including phenoxy) is 1. The molecule has 0 saturated heterocycles. The molecular weight excluding hydrogens is 200 g/mol. The third-order valence-corrected chi connectivity index (χ3v) is 2.14. The number of anilines is 1. The zero-order valence-corrected chi connectivity index (χ0v) is 9.41. The summed E-state index contributed by atoms with van der Waals surface area (Å²) in [6.45, 7) is 2.01. The fraction of sp³-hybridized carbons (Fsp3) is 0.385. The molecule has 0 heterocycles. The number of terminal acetylenes is 1. The van der Waals surface area contributed by atoms with Gasteiger partial charge < -0.3 is 15.8 Å². The van der Waals surface area contributed by atoms with Gasteiger partial charge in [-0.15, -0.1) is 6.42 Å². The van der Waals surface area contributed by atoms with Gasteiger partial charge >= 0.3 is 0 Å². The molecule has 0 spiro atoms. The van der Waals surface area contributed by atoms with Crippen LogP contribution in [0.5, 0.6) is 5.75 Å². The van der Waals surface area contributed by atoms with Crippen molar-refractivity contribution in [2.24, 2.45) is 5.73 Å². The molecule has 86 valence electrons. The summed E-state index contributed by atoms with van der Waals surface area (Å²) in [5, 5.41) is 3.31. The van der Waals surface area contributed by atoms with Crippen molar-refractivity contribution in [3.05, 3.63) is 24.3 Å². The molecule has 0 bridgehead atoms. The van der Waals surface area contributed by atoms with E-state index in [1.165, 1.54) is 0 Å². The SMILES string of the molecule is C#CCOc1ccc(NCCCCN)cc1. The van der Waals surface area contributed by atoms with Crippen LogP contribution in [0.3, 0.4) is 0 Å². The highest BCUT2D eigenvalue weighted by atomic mass is 16.5. The lowest BCUT2D eigenvalue weighted by molar-refractivity contribution is 0.370. The van der Waals surface area contributed by atoms with Gasteiger partial charge in [0.2, 0.25) is 0 Å². The number of nitrogens with one attached hydrogen (secondary N) is 1. The van der Waals surface area contributed by atoms with Crippen molar-refractivity contribution in [1.82, 2.24) is 0 Å². The Bertz CT molecular complexity index is 327. The van der Waals surface area contributed by atoms with Crippen LogP contribution in [-0.2, 0) is 0 Å². The molecule has 0 aliphatic rings. The largest absolute Gasteiger partial charge is 0.481 e. The van der Waals surface area contributed by atoms with Gasteiger partial charge in [-0.3, -0.25) is 0 Å². The minimum Gasteiger partial charge on any atom is -0.481 e. The van der Waals surface area contributed by atoms with Crippen molar-refractivity contribution in [2.75, 3.05) is 25.0 Å².